The van der Waals surface area contributed by atoms with Crippen LogP contribution in [0.1, 0.15) is 42.5 Å². The first kappa shape index (κ1) is 14.4. The van der Waals surface area contributed by atoms with E-state index >= 15 is 0 Å². The maximum absolute atomic E-state index is 5.48. The first-order valence-corrected chi connectivity index (χ1v) is 8.23. The van der Waals surface area contributed by atoms with Gasteiger partial charge in [-0.1, -0.05) is 47.6 Å². The lowest BCUT2D eigenvalue weighted by Crippen LogP contribution is -2.24. The fourth-order valence-electron chi connectivity index (χ4n) is 3.15. The summed E-state index contributed by atoms with van der Waals surface area (Å²) >= 11 is 0. The molecule has 1 fully saturated rings. The summed E-state index contributed by atoms with van der Waals surface area (Å²) in [7, 11) is 1.95. The van der Waals surface area contributed by atoms with Gasteiger partial charge in [-0.3, -0.25) is 0 Å². The molecule has 1 N–H and O–H groups in total. The number of hydrogen-bond donors (Lipinski definition) is 1. The third-order valence-corrected chi connectivity index (χ3v) is 4.77. The Labute approximate surface area is 135 Å². The van der Waals surface area contributed by atoms with Crippen LogP contribution in [0.15, 0.2) is 47.0 Å². The third-order valence-electron chi connectivity index (χ3n) is 4.77. The summed E-state index contributed by atoms with van der Waals surface area (Å²) in [4.78, 5) is 4.58. The molecular weight excluding hydrogens is 286 g/mol. The molecule has 3 aromatic rings. The second-order valence-corrected chi connectivity index (χ2v) is 6.50. The molecule has 1 aliphatic rings. The van der Waals surface area contributed by atoms with Gasteiger partial charge in [0.1, 0.15) is 0 Å². The monoisotopic (exact) mass is 307 g/mol. The lowest BCUT2D eigenvalue weighted by atomic mass is 10.0. The van der Waals surface area contributed by atoms with E-state index in [4.69, 9.17) is 4.52 Å². The lowest BCUT2D eigenvalue weighted by Gasteiger charge is -2.04. The topological polar surface area (TPSA) is 51.0 Å². The molecule has 3 atom stereocenters. The summed E-state index contributed by atoms with van der Waals surface area (Å²) in [6, 6.07) is 15.6. The normalized spacial score (nSPS) is 21.5. The van der Waals surface area contributed by atoms with E-state index in [2.05, 4.69) is 64.8 Å². The summed E-state index contributed by atoms with van der Waals surface area (Å²) in [5.41, 5.74) is 1.37. The minimum Gasteiger partial charge on any atom is -0.339 e. The molecule has 0 aliphatic heterocycles. The third kappa shape index (κ3) is 2.86. The first-order valence-electron chi connectivity index (χ1n) is 8.23. The molecule has 0 spiro atoms. The van der Waals surface area contributed by atoms with Crippen molar-refractivity contribution >= 4 is 10.8 Å². The highest BCUT2D eigenvalue weighted by Crippen LogP contribution is 2.54. The van der Waals surface area contributed by atoms with E-state index in [1.807, 2.05) is 7.05 Å². The number of nitrogens with zero attached hydrogens (tertiary/aromatic N) is 2. The molecule has 0 bridgehead atoms. The predicted molar refractivity (Wildman–Crippen MR) is 90.6 cm³/mol. The van der Waals surface area contributed by atoms with Gasteiger partial charge < -0.3 is 9.84 Å². The minimum atomic E-state index is 0.357. The highest BCUT2D eigenvalue weighted by molar-refractivity contribution is 5.83. The quantitative estimate of drug-likeness (QED) is 0.782. The standard InChI is InChI=1S/C19H21N3O/c1-12(20-2)9-18-21-19(23-22-18)17-11-16(17)15-8-7-13-5-3-4-6-14(13)10-15/h3-8,10,12,16-17,20H,9,11H2,1-2H3. The zero-order chi connectivity index (χ0) is 15.8. The lowest BCUT2D eigenvalue weighted by molar-refractivity contribution is 0.371. The second kappa shape index (κ2) is 5.78. The molecule has 4 nitrogen and oxygen atoms in total. The molecule has 1 saturated carbocycles. The Bertz CT molecular complexity index is 826. The number of fused-ring (bicyclic) bond motifs is 1. The van der Waals surface area contributed by atoms with Crippen LogP contribution in [0.2, 0.25) is 0 Å². The van der Waals surface area contributed by atoms with Gasteiger partial charge in [0.25, 0.3) is 0 Å². The van der Waals surface area contributed by atoms with Gasteiger partial charge >= 0.3 is 0 Å². The van der Waals surface area contributed by atoms with Crippen molar-refractivity contribution in [2.45, 2.75) is 37.6 Å². The second-order valence-electron chi connectivity index (χ2n) is 6.50. The molecule has 0 saturated heterocycles. The molecule has 118 valence electrons. The molecule has 0 amide bonds. The van der Waals surface area contributed by atoms with Crippen molar-refractivity contribution < 1.29 is 4.52 Å². The summed E-state index contributed by atoms with van der Waals surface area (Å²) in [6.45, 7) is 2.12. The van der Waals surface area contributed by atoms with E-state index in [0.717, 1.165) is 24.6 Å². The zero-order valence-electron chi connectivity index (χ0n) is 13.5. The molecule has 23 heavy (non-hydrogen) atoms. The van der Waals surface area contributed by atoms with Crippen LogP contribution in [0.5, 0.6) is 0 Å². The first-order chi connectivity index (χ1) is 11.2. The largest absolute Gasteiger partial charge is 0.339 e. The predicted octanol–water partition coefficient (Wildman–Crippen LogP) is 3.64. The van der Waals surface area contributed by atoms with Crippen LogP contribution in [-0.4, -0.2) is 23.2 Å². The van der Waals surface area contributed by atoms with Gasteiger partial charge in [-0.05, 0) is 42.6 Å². The van der Waals surface area contributed by atoms with Gasteiger partial charge in [-0.15, -0.1) is 0 Å². The van der Waals surface area contributed by atoms with Crippen molar-refractivity contribution in [3.8, 4) is 0 Å². The van der Waals surface area contributed by atoms with Crippen molar-refractivity contribution in [3.05, 3.63) is 59.7 Å². The van der Waals surface area contributed by atoms with E-state index in [0.29, 0.717) is 17.9 Å². The Balaban J connectivity index is 1.50. The summed E-state index contributed by atoms with van der Waals surface area (Å²) in [5.74, 6) is 2.48. The Morgan fingerprint density at radius 1 is 1.17 bits per heavy atom. The van der Waals surface area contributed by atoms with Gasteiger partial charge in [0, 0.05) is 18.4 Å². The van der Waals surface area contributed by atoms with Gasteiger partial charge in [-0.25, -0.2) is 0 Å². The van der Waals surface area contributed by atoms with Gasteiger partial charge in [0.05, 0.1) is 0 Å². The van der Waals surface area contributed by atoms with Crippen molar-refractivity contribution in [2.75, 3.05) is 7.05 Å². The molecule has 1 aromatic heterocycles. The number of likely N-dealkylation sites (N-methyl/N-ethyl adjacent to an activating group) is 1. The molecule has 4 rings (SSSR count). The van der Waals surface area contributed by atoms with Crippen LogP contribution < -0.4 is 5.32 Å². The van der Waals surface area contributed by atoms with Crippen LogP contribution >= 0.6 is 0 Å². The molecule has 0 radical (unpaired) electrons. The minimum absolute atomic E-state index is 0.357. The average molecular weight is 307 g/mol. The van der Waals surface area contributed by atoms with E-state index in [-0.39, 0.29) is 0 Å². The SMILES string of the molecule is CNC(C)Cc1noc(C2CC2c2ccc3ccccc3c2)n1. The molecular formula is C19H21N3O. The number of hydrogen-bond acceptors (Lipinski definition) is 4. The Morgan fingerprint density at radius 3 is 2.83 bits per heavy atom. The van der Waals surface area contributed by atoms with Crippen molar-refractivity contribution in [3.63, 3.8) is 0 Å². The van der Waals surface area contributed by atoms with Crippen molar-refractivity contribution in [1.29, 1.82) is 0 Å². The molecule has 3 unspecified atom stereocenters. The van der Waals surface area contributed by atoms with Gasteiger partial charge in [0.2, 0.25) is 5.89 Å². The van der Waals surface area contributed by atoms with Gasteiger partial charge in [0.15, 0.2) is 5.82 Å². The van der Waals surface area contributed by atoms with E-state index in [1.165, 1.54) is 16.3 Å². The molecule has 1 aliphatic carbocycles. The smallest absolute Gasteiger partial charge is 0.230 e. The fraction of sp³-hybridized carbons (Fsp3) is 0.368. The van der Waals surface area contributed by atoms with Gasteiger partial charge in [-0.2, -0.15) is 4.98 Å². The summed E-state index contributed by atoms with van der Waals surface area (Å²) < 4.78 is 5.48. The van der Waals surface area contributed by atoms with E-state index in [1.54, 1.807) is 0 Å². The number of rotatable bonds is 5. The Morgan fingerprint density at radius 2 is 2.00 bits per heavy atom. The maximum Gasteiger partial charge on any atom is 0.230 e. The van der Waals surface area contributed by atoms with Crippen molar-refractivity contribution in [2.24, 2.45) is 0 Å². The van der Waals surface area contributed by atoms with Crippen LogP contribution in [0.3, 0.4) is 0 Å². The van der Waals surface area contributed by atoms with E-state index < -0.39 is 0 Å². The van der Waals surface area contributed by atoms with Crippen LogP contribution in [0, 0.1) is 0 Å². The number of benzene rings is 2. The number of aromatic nitrogens is 2. The Hall–Kier alpha value is -2.20. The fourth-order valence-corrected chi connectivity index (χ4v) is 3.15. The number of nitrogens with one attached hydrogen (secondary N) is 1. The average Bonchev–Trinajstić information content (AvgIpc) is 3.26. The molecule has 2 aromatic carbocycles. The van der Waals surface area contributed by atoms with Crippen LogP contribution in [0.4, 0.5) is 0 Å². The zero-order valence-corrected chi connectivity index (χ0v) is 13.5. The highest BCUT2D eigenvalue weighted by Gasteiger charge is 2.43. The molecule has 4 heteroatoms. The summed E-state index contributed by atoms with van der Waals surface area (Å²) in [5, 5.41) is 9.90. The highest BCUT2D eigenvalue weighted by atomic mass is 16.5. The van der Waals surface area contributed by atoms with Crippen LogP contribution in [0.25, 0.3) is 10.8 Å². The van der Waals surface area contributed by atoms with Crippen molar-refractivity contribution in [1.82, 2.24) is 15.5 Å². The van der Waals surface area contributed by atoms with Crippen LogP contribution in [-0.2, 0) is 6.42 Å². The summed E-state index contributed by atoms with van der Waals surface area (Å²) in [6.07, 6.45) is 1.90. The maximum atomic E-state index is 5.48. The Kier molecular flexibility index (Phi) is 3.62. The molecule has 1 heterocycles. The van der Waals surface area contributed by atoms with E-state index in [9.17, 15) is 0 Å².